The number of pyridine rings is 1. The van der Waals surface area contributed by atoms with Crippen LogP contribution in [0.15, 0.2) is 42.6 Å². The van der Waals surface area contributed by atoms with Crippen molar-refractivity contribution >= 4 is 33.1 Å². The Bertz CT molecular complexity index is 765. The van der Waals surface area contributed by atoms with Crippen molar-refractivity contribution in [1.82, 2.24) is 4.98 Å². The average Bonchev–Trinajstić information content (AvgIpc) is 2.85. The number of amides is 1. The Balaban J connectivity index is 2.29. The highest BCUT2D eigenvalue weighted by molar-refractivity contribution is 7.22. The second kappa shape index (κ2) is 4.37. The number of benzene rings is 1. The third-order valence-electron chi connectivity index (χ3n) is 2.91. The Labute approximate surface area is 113 Å². The van der Waals surface area contributed by atoms with E-state index in [4.69, 9.17) is 11.5 Å². The summed E-state index contributed by atoms with van der Waals surface area (Å²) < 4.78 is 0.801. The van der Waals surface area contributed by atoms with Crippen LogP contribution in [0.3, 0.4) is 0 Å². The number of nitrogen functional groups attached to an aromatic ring is 1. The molecule has 4 N–H and O–H groups in total. The van der Waals surface area contributed by atoms with Gasteiger partial charge in [-0.15, -0.1) is 11.3 Å². The van der Waals surface area contributed by atoms with Crippen molar-refractivity contribution < 1.29 is 4.79 Å². The van der Waals surface area contributed by atoms with Gasteiger partial charge in [0, 0.05) is 16.5 Å². The summed E-state index contributed by atoms with van der Waals surface area (Å²) in [6, 6.07) is 11.9. The minimum atomic E-state index is -0.491. The molecule has 0 spiro atoms. The van der Waals surface area contributed by atoms with Gasteiger partial charge in [0.2, 0.25) is 0 Å². The second-order valence-electron chi connectivity index (χ2n) is 4.14. The van der Waals surface area contributed by atoms with Gasteiger partial charge in [-0.25, -0.2) is 4.98 Å². The number of thiophene rings is 1. The quantitative estimate of drug-likeness (QED) is 0.750. The minimum absolute atomic E-state index is 0.405. The van der Waals surface area contributed by atoms with Crippen molar-refractivity contribution in [1.29, 1.82) is 0 Å². The van der Waals surface area contributed by atoms with Crippen LogP contribution >= 0.6 is 11.3 Å². The Morgan fingerprint density at radius 3 is 2.63 bits per heavy atom. The highest BCUT2D eigenvalue weighted by atomic mass is 32.1. The van der Waals surface area contributed by atoms with Crippen LogP contribution in [0.5, 0.6) is 0 Å². The fourth-order valence-corrected chi connectivity index (χ4v) is 3.07. The molecule has 19 heavy (non-hydrogen) atoms. The van der Waals surface area contributed by atoms with Crippen LogP contribution in [-0.4, -0.2) is 10.9 Å². The van der Waals surface area contributed by atoms with Crippen LogP contribution in [0.2, 0.25) is 0 Å². The molecule has 2 aromatic heterocycles. The summed E-state index contributed by atoms with van der Waals surface area (Å²) in [7, 11) is 0. The average molecular weight is 269 g/mol. The molecule has 1 aromatic carbocycles. The number of nitrogens with zero attached hydrogens (tertiary/aromatic N) is 1. The summed E-state index contributed by atoms with van der Waals surface area (Å²) in [5.74, 6) is -0.0675. The first kappa shape index (κ1) is 11.7. The first-order chi connectivity index (χ1) is 9.16. The standard InChI is InChI=1S/C14H11N3OS/c15-13-12-9(10(7-17-13)14(16)18)6-11(19-12)8-4-2-1-3-5-8/h1-7H,(H2,15,17)(H2,16,18). The van der Waals surface area contributed by atoms with Gasteiger partial charge in [-0.2, -0.15) is 0 Å². The van der Waals surface area contributed by atoms with Crippen LogP contribution in [0.4, 0.5) is 5.82 Å². The molecule has 0 unspecified atom stereocenters. The molecule has 3 aromatic rings. The van der Waals surface area contributed by atoms with Gasteiger partial charge in [-0.1, -0.05) is 30.3 Å². The van der Waals surface area contributed by atoms with E-state index in [0.717, 1.165) is 20.5 Å². The third-order valence-corrected chi connectivity index (χ3v) is 4.12. The van der Waals surface area contributed by atoms with E-state index in [-0.39, 0.29) is 0 Å². The van der Waals surface area contributed by atoms with E-state index in [2.05, 4.69) is 4.98 Å². The van der Waals surface area contributed by atoms with Crippen LogP contribution in [0.1, 0.15) is 10.4 Å². The van der Waals surface area contributed by atoms with Crippen LogP contribution < -0.4 is 11.5 Å². The number of hydrogen-bond donors (Lipinski definition) is 2. The number of primary amides is 1. The molecule has 1 amide bonds. The summed E-state index contributed by atoms with van der Waals surface area (Å²) in [4.78, 5) is 16.5. The molecular weight excluding hydrogens is 258 g/mol. The summed E-state index contributed by atoms with van der Waals surface area (Å²) in [6.07, 6.45) is 1.43. The summed E-state index contributed by atoms with van der Waals surface area (Å²) in [6.45, 7) is 0. The predicted molar refractivity (Wildman–Crippen MR) is 78.0 cm³/mol. The van der Waals surface area contributed by atoms with E-state index >= 15 is 0 Å². The van der Waals surface area contributed by atoms with Gasteiger partial charge in [0.05, 0.1) is 10.3 Å². The minimum Gasteiger partial charge on any atom is -0.383 e. The van der Waals surface area contributed by atoms with Crippen molar-refractivity contribution in [2.75, 3.05) is 5.73 Å². The van der Waals surface area contributed by atoms with Gasteiger partial charge in [0.15, 0.2) is 0 Å². The Morgan fingerprint density at radius 1 is 1.21 bits per heavy atom. The molecule has 0 fully saturated rings. The molecule has 0 bridgehead atoms. The molecule has 0 radical (unpaired) electrons. The lowest BCUT2D eigenvalue weighted by atomic mass is 10.1. The maximum Gasteiger partial charge on any atom is 0.250 e. The maximum absolute atomic E-state index is 11.4. The van der Waals surface area contributed by atoms with E-state index < -0.39 is 5.91 Å². The number of rotatable bonds is 2. The Kier molecular flexibility index (Phi) is 2.68. The summed E-state index contributed by atoms with van der Waals surface area (Å²) in [5, 5.41) is 0.767. The molecule has 0 aliphatic rings. The van der Waals surface area contributed by atoms with Crippen LogP contribution in [0, 0.1) is 0 Å². The van der Waals surface area contributed by atoms with E-state index in [0.29, 0.717) is 11.4 Å². The van der Waals surface area contributed by atoms with Gasteiger partial charge in [0.1, 0.15) is 5.82 Å². The van der Waals surface area contributed by atoms with Crippen molar-refractivity contribution in [3.8, 4) is 10.4 Å². The Hall–Kier alpha value is -2.40. The smallest absolute Gasteiger partial charge is 0.250 e. The van der Waals surface area contributed by atoms with E-state index in [1.165, 1.54) is 17.5 Å². The molecule has 0 aliphatic heterocycles. The van der Waals surface area contributed by atoms with E-state index in [9.17, 15) is 4.79 Å². The number of carbonyl (C=O) groups is 1. The van der Waals surface area contributed by atoms with Gasteiger partial charge in [0.25, 0.3) is 5.91 Å². The number of fused-ring (bicyclic) bond motifs is 1. The van der Waals surface area contributed by atoms with Crippen molar-refractivity contribution in [2.45, 2.75) is 0 Å². The number of carbonyl (C=O) groups excluding carboxylic acids is 1. The third kappa shape index (κ3) is 1.94. The van der Waals surface area contributed by atoms with Gasteiger partial charge in [-0.3, -0.25) is 4.79 Å². The van der Waals surface area contributed by atoms with Crippen LogP contribution in [-0.2, 0) is 0 Å². The lowest BCUT2D eigenvalue weighted by Crippen LogP contribution is -2.11. The largest absolute Gasteiger partial charge is 0.383 e. The van der Waals surface area contributed by atoms with E-state index in [1.807, 2.05) is 36.4 Å². The molecule has 2 heterocycles. The number of anilines is 1. The monoisotopic (exact) mass is 269 g/mol. The molecule has 4 nitrogen and oxygen atoms in total. The highest BCUT2D eigenvalue weighted by Crippen LogP contribution is 2.37. The van der Waals surface area contributed by atoms with Gasteiger partial charge >= 0.3 is 0 Å². The zero-order valence-electron chi connectivity index (χ0n) is 9.96. The second-order valence-corrected chi connectivity index (χ2v) is 5.19. The molecule has 0 aliphatic carbocycles. The summed E-state index contributed by atoms with van der Waals surface area (Å²) in [5.41, 5.74) is 12.7. The van der Waals surface area contributed by atoms with Crippen molar-refractivity contribution in [3.63, 3.8) is 0 Å². The lowest BCUT2D eigenvalue weighted by Gasteiger charge is -1.99. The molecule has 5 heteroatoms. The number of nitrogens with two attached hydrogens (primary N) is 2. The Morgan fingerprint density at radius 2 is 1.95 bits per heavy atom. The zero-order valence-corrected chi connectivity index (χ0v) is 10.8. The molecule has 94 valence electrons. The van der Waals surface area contributed by atoms with Crippen LogP contribution in [0.25, 0.3) is 20.5 Å². The van der Waals surface area contributed by atoms with Crippen molar-refractivity contribution in [2.24, 2.45) is 5.73 Å². The van der Waals surface area contributed by atoms with Gasteiger partial charge in [-0.05, 0) is 11.6 Å². The number of aromatic nitrogens is 1. The molecule has 0 atom stereocenters. The zero-order chi connectivity index (χ0) is 13.4. The van der Waals surface area contributed by atoms with Gasteiger partial charge < -0.3 is 11.5 Å². The molecule has 0 saturated heterocycles. The summed E-state index contributed by atoms with van der Waals surface area (Å²) >= 11 is 1.51. The fraction of sp³-hybridized carbons (Fsp3) is 0. The molecule has 0 saturated carbocycles. The first-order valence-electron chi connectivity index (χ1n) is 5.70. The van der Waals surface area contributed by atoms with Crippen molar-refractivity contribution in [3.05, 3.63) is 48.2 Å². The molecular formula is C14H11N3OS. The fourth-order valence-electron chi connectivity index (χ4n) is 1.98. The molecule has 3 rings (SSSR count). The first-order valence-corrected chi connectivity index (χ1v) is 6.51. The van der Waals surface area contributed by atoms with E-state index in [1.54, 1.807) is 0 Å². The highest BCUT2D eigenvalue weighted by Gasteiger charge is 2.14. The predicted octanol–water partition coefficient (Wildman–Crippen LogP) is 2.64. The maximum atomic E-state index is 11.4. The lowest BCUT2D eigenvalue weighted by molar-refractivity contribution is 0.100. The SMILES string of the molecule is NC(=O)c1cnc(N)c2sc(-c3ccccc3)cc12. The number of hydrogen-bond acceptors (Lipinski definition) is 4. The topological polar surface area (TPSA) is 82.0 Å². The normalized spacial score (nSPS) is 10.7.